The van der Waals surface area contributed by atoms with Gasteiger partial charge in [-0.25, -0.2) is 0 Å². The lowest BCUT2D eigenvalue weighted by Gasteiger charge is -2.11. The van der Waals surface area contributed by atoms with E-state index in [1.54, 1.807) is 59.4 Å². The second-order valence-electron chi connectivity index (χ2n) is 4.95. The van der Waals surface area contributed by atoms with E-state index in [4.69, 9.17) is 10.2 Å². The van der Waals surface area contributed by atoms with Gasteiger partial charge in [-0.15, -0.1) is 0 Å². The van der Waals surface area contributed by atoms with Gasteiger partial charge in [-0.05, 0) is 36.4 Å². The number of hydrogen-bond acceptors (Lipinski definition) is 3. The highest BCUT2D eigenvalue weighted by atomic mass is 16.3. The molecule has 116 valence electrons. The number of benzene rings is 1. The van der Waals surface area contributed by atoms with Gasteiger partial charge in [0.25, 0.3) is 11.8 Å². The summed E-state index contributed by atoms with van der Waals surface area (Å²) in [5.41, 5.74) is 6.22. The number of primary amides is 1. The van der Waals surface area contributed by atoms with Crippen LogP contribution in [0.25, 0.3) is 0 Å². The Morgan fingerprint density at radius 1 is 1.04 bits per heavy atom. The quantitative estimate of drug-likeness (QED) is 0.758. The van der Waals surface area contributed by atoms with Crippen molar-refractivity contribution in [3.63, 3.8) is 0 Å². The lowest BCUT2D eigenvalue weighted by Crippen LogP contribution is -2.20. The van der Waals surface area contributed by atoms with E-state index in [0.29, 0.717) is 29.4 Å². The van der Waals surface area contributed by atoms with E-state index in [9.17, 15) is 9.59 Å². The normalized spacial score (nSPS) is 10.4. The molecule has 6 nitrogen and oxygen atoms in total. The Bertz CT molecular complexity index is 820. The van der Waals surface area contributed by atoms with Gasteiger partial charge in [0.15, 0.2) is 0 Å². The molecule has 0 aliphatic heterocycles. The van der Waals surface area contributed by atoms with Crippen molar-refractivity contribution in [1.82, 2.24) is 4.57 Å². The summed E-state index contributed by atoms with van der Waals surface area (Å²) in [5, 5.41) is 2.79. The summed E-state index contributed by atoms with van der Waals surface area (Å²) in [5.74, 6) is 0.292. The molecular weight excluding hydrogens is 294 g/mol. The first-order chi connectivity index (χ1) is 11.1. The predicted octanol–water partition coefficient (Wildman–Crippen LogP) is 2.48. The Balaban J connectivity index is 1.90. The standard InChI is InChI=1S/C17H15N3O3/c18-16(21)14-8-9-15(20(14)11-13-7-4-10-23-13)19-17(22)12-5-2-1-3-6-12/h1-10H,11H2,(H2,18,21)(H,19,22). The van der Waals surface area contributed by atoms with Crippen LogP contribution in [0.2, 0.25) is 0 Å². The molecule has 0 saturated carbocycles. The maximum Gasteiger partial charge on any atom is 0.265 e. The van der Waals surface area contributed by atoms with Gasteiger partial charge in [0.05, 0.1) is 12.8 Å². The van der Waals surface area contributed by atoms with Crippen molar-refractivity contribution in [2.24, 2.45) is 5.73 Å². The number of rotatable bonds is 5. The first-order valence-corrected chi connectivity index (χ1v) is 7.03. The largest absolute Gasteiger partial charge is 0.467 e. The van der Waals surface area contributed by atoms with Crippen LogP contribution in [0.1, 0.15) is 26.6 Å². The van der Waals surface area contributed by atoms with Gasteiger partial charge in [-0.3, -0.25) is 9.59 Å². The van der Waals surface area contributed by atoms with Crippen LogP contribution < -0.4 is 11.1 Å². The lowest BCUT2D eigenvalue weighted by atomic mass is 10.2. The third kappa shape index (κ3) is 3.16. The number of amides is 2. The summed E-state index contributed by atoms with van der Waals surface area (Å²) >= 11 is 0. The maximum atomic E-state index is 12.3. The van der Waals surface area contributed by atoms with Crippen molar-refractivity contribution >= 4 is 17.6 Å². The summed E-state index contributed by atoms with van der Waals surface area (Å²) < 4.78 is 6.91. The highest BCUT2D eigenvalue weighted by Gasteiger charge is 2.16. The molecule has 3 rings (SSSR count). The lowest BCUT2D eigenvalue weighted by molar-refractivity contribution is 0.0987. The number of hydrogen-bond donors (Lipinski definition) is 2. The zero-order valence-electron chi connectivity index (χ0n) is 12.2. The summed E-state index contributed by atoms with van der Waals surface area (Å²) in [6, 6.07) is 15.6. The summed E-state index contributed by atoms with van der Waals surface area (Å²) in [6.45, 7) is 0.294. The molecule has 0 saturated heterocycles. The second kappa shape index (κ2) is 6.23. The molecule has 0 atom stereocenters. The number of nitrogens with two attached hydrogens (primary N) is 1. The molecule has 2 heterocycles. The van der Waals surface area contributed by atoms with E-state index in [1.165, 1.54) is 0 Å². The molecule has 6 heteroatoms. The molecule has 0 bridgehead atoms. The Labute approximate surface area is 132 Å². The average Bonchev–Trinajstić information content (AvgIpc) is 3.19. The van der Waals surface area contributed by atoms with Crippen LogP contribution in [0.15, 0.2) is 65.3 Å². The van der Waals surface area contributed by atoms with Gasteiger partial charge in [0.1, 0.15) is 17.3 Å². The number of aromatic nitrogens is 1. The van der Waals surface area contributed by atoms with Crippen LogP contribution >= 0.6 is 0 Å². The van der Waals surface area contributed by atoms with Gasteiger partial charge >= 0.3 is 0 Å². The van der Waals surface area contributed by atoms with E-state index in [1.807, 2.05) is 6.07 Å². The number of carbonyl (C=O) groups excluding carboxylic acids is 2. The minimum absolute atomic E-state index is 0.264. The highest BCUT2D eigenvalue weighted by Crippen LogP contribution is 2.18. The smallest absolute Gasteiger partial charge is 0.265 e. The Morgan fingerprint density at radius 3 is 2.48 bits per heavy atom. The van der Waals surface area contributed by atoms with E-state index >= 15 is 0 Å². The Kier molecular flexibility index (Phi) is 3.97. The monoisotopic (exact) mass is 309 g/mol. The van der Waals surface area contributed by atoms with Gasteiger partial charge in [-0.1, -0.05) is 18.2 Å². The zero-order valence-corrected chi connectivity index (χ0v) is 12.2. The van der Waals surface area contributed by atoms with E-state index in [0.717, 1.165) is 0 Å². The molecule has 1 aromatic carbocycles. The maximum absolute atomic E-state index is 12.3. The SMILES string of the molecule is NC(=O)c1ccc(NC(=O)c2ccccc2)n1Cc1ccco1. The molecule has 23 heavy (non-hydrogen) atoms. The first kappa shape index (κ1) is 14.6. The van der Waals surface area contributed by atoms with Crippen LogP contribution in [0.3, 0.4) is 0 Å². The average molecular weight is 309 g/mol. The van der Waals surface area contributed by atoms with Gasteiger partial charge in [0.2, 0.25) is 0 Å². The molecule has 2 aromatic heterocycles. The minimum Gasteiger partial charge on any atom is -0.467 e. The Hall–Kier alpha value is -3.28. The topological polar surface area (TPSA) is 90.3 Å². The van der Waals surface area contributed by atoms with Crippen LogP contribution in [0.4, 0.5) is 5.82 Å². The number of anilines is 1. The molecule has 0 radical (unpaired) electrons. The van der Waals surface area contributed by atoms with E-state index in [-0.39, 0.29) is 5.91 Å². The molecule has 3 N–H and O–H groups in total. The third-order valence-corrected chi connectivity index (χ3v) is 3.40. The van der Waals surface area contributed by atoms with Crippen LogP contribution in [-0.2, 0) is 6.54 Å². The second-order valence-corrected chi connectivity index (χ2v) is 4.95. The molecule has 0 unspecified atom stereocenters. The number of furan rings is 1. The fourth-order valence-corrected chi connectivity index (χ4v) is 2.30. The minimum atomic E-state index is -0.572. The number of carbonyl (C=O) groups is 2. The van der Waals surface area contributed by atoms with Crippen LogP contribution in [0, 0.1) is 0 Å². The van der Waals surface area contributed by atoms with E-state index in [2.05, 4.69) is 5.32 Å². The van der Waals surface area contributed by atoms with Crippen molar-refractivity contribution < 1.29 is 14.0 Å². The fraction of sp³-hybridized carbons (Fsp3) is 0.0588. The molecular formula is C17H15N3O3. The number of nitrogens with one attached hydrogen (secondary N) is 1. The number of nitrogens with zero attached hydrogens (tertiary/aromatic N) is 1. The first-order valence-electron chi connectivity index (χ1n) is 7.03. The Morgan fingerprint density at radius 2 is 1.83 bits per heavy atom. The molecule has 0 aliphatic rings. The molecule has 3 aromatic rings. The van der Waals surface area contributed by atoms with Gasteiger partial charge in [0, 0.05) is 5.56 Å². The van der Waals surface area contributed by atoms with Gasteiger partial charge in [-0.2, -0.15) is 0 Å². The van der Waals surface area contributed by atoms with Crippen molar-refractivity contribution in [3.05, 3.63) is 77.9 Å². The molecule has 0 aliphatic carbocycles. The zero-order chi connectivity index (χ0) is 16.2. The van der Waals surface area contributed by atoms with Crippen LogP contribution in [-0.4, -0.2) is 16.4 Å². The predicted molar refractivity (Wildman–Crippen MR) is 85.2 cm³/mol. The third-order valence-electron chi connectivity index (χ3n) is 3.40. The summed E-state index contributed by atoms with van der Waals surface area (Å²) in [6.07, 6.45) is 1.55. The highest BCUT2D eigenvalue weighted by molar-refractivity contribution is 6.04. The fourth-order valence-electron chi connectivity index (χ4n) is 2.30. The summed E-state index contributed by atoms with van der Waals surface area (Å²) in [4.78, 5) is 23.9. The van der Waals surface area contributed by atoms with Crippen molar-refractivity contribution in [3.8, 4) is 0 Å². The molecule has 0 spiro atoms. The van der Waals surface area contributed by atoms with Crippen LogP contribution in [0.5, 0.6) is 0 Å². The van der Waals surface area contributed by atoms with Crippen molar-refractivity contribution in [1.29, 1.82) is 0 Å². The van der Waals surface area contributed by atoms with Crippen molar-refractivity contribution in [2.75, 3.05) is 5.32 Å². The van der Waals surface area contributed by atoms with Gasteiger partial charge < -0.3 is 20.0 Å². The molecule has 2 amide bonds. The molecule has 0 fully saturated rings. The van der Waals surface area contributed by atoms with Crippen molar-refractivity contribution in [2.45, 2.75) is 6.54 Å². The van der Waals surface area contributed by atoms with E-state index < -0.39 is 5.91 Å². The summed E-state index contributed by atoms with van der Waals surface area (Å²) in [7, 11) is 0.